The van der Waals surface area contributed by atoms with Crippen LogP contribution in [0.4, 0.5) is 11.4 Å². The van der Waals surface area contributed by atoms with Gasteiger partial charge in [-0.25, -0.2) is 0 Å². The number of benzene rings is 1. The Labute approximate surface area is 159 Å². The lowest BCUT2D eigenvalue weighted by molar-refractivity contribution is -0.118. The van der Waals surface area contributed by atoms with E-state index in [1.165, 1.54) is 7.11 Å². The first kappa shape index (κ1) is 18.9. The maximum Gasteiger partial charge on any atom is 0.262 e. The average Bonchev–Trinajstić information content (AvgIpc) is 3.02. The molecule has 0 unspecified atom stereocenters. The van der Waals surface area contributed by atoms with Gasteiger partial charge in [0.25, 0.3) is 5.91 Å². The topological polar surface area (TPSA) is 76.5 Å². The summed E-state index contributed by atoms with van der Waals surface area (Å²) >= 11 is 0. The van der Waals surface area contributed by atoms with Gasteiger partial charge in [0.15, 0.2) is 0 Å². The van der Waals surface area contributed by atoms with E-state index in [-0.39, 0.29) is 11.8 Å². The maximum absolute atomic E-state index is 12.6. The number of nitrogens with zero attached hydrogens (tertiary/aromatic N) is 3. The molecule has 7 heteroatoms. The van der Waals surface area contributed by atoms with E-state index in [9.17, 15) is 9.59 Å². The molecule has 0 radical (unpaired) electrons. The lowest BCUT2D eigenvalue weighted by Crippen LogP contribution is -2.36. The van der Waals surface area contributed by atoms with Gasteiger partial charge < -0.3 is 15.0 Å². The summed E-state index contributed by atoms with van der Waals surface area (Å²) in [6, 6.07) is 5.70. The minimum atomic E-state index is -0.275. The Kier molecular flexibility index (Phi) is 5.48. The van der Waals surface area contributed by atoms with Gasteiger partial charge in [0.05, 0.1) is 7.11 Å². The van der Waals surface area contributed by atoms with E-state index in [1.807, 2.05) is 23.1 Å². The first-order chi connectivity index (χ1) is 12.9. The van der Waals surface area contributed by atoms with Gasteiger partial charge in [-0.05, 0) is 42.5 Å². The van der Waals surface area contributed by atoms with E-state index in [1.54, 1.807) is 17.9 Å². The average molecular weight is 370 g/mol. The van der Waals surface area contributed by atoms with Crippen LogP contribution in [0.1, 0.15) is 42.6 Å². The quantitative estimate of drug-likeness (QED) is 0.848. The third-order valence-corrected chi connectivity index (χ3v) is 4.70. The second kappa shape index (κ2) is 7.82. The lowest BCUT2D eigenvalue weighted by atomic mass is 9.99. The van der Waals surface area contributed by atoms with Gasteiger partial charge in [0.1, 0.15) is 5.56 Å². The Morgan fingerprint density at radius 1 is 1.33 bits per heavy atom. The fourth-order valence-corrected chi connectivity index (χ4v) is 3.24. The van der Waals surface area contributed by atoms with Crippen molar-refractivity contribution in [3.8, 4) is 5.88 Å². The number of nitrogens with one attached hydrogen (secondary N) is 1. The van der Waals surface area contributed by atoms with Crippen molar-refractivity contribution < 1.29 is 14.3 Å². The molecule has 27 heavy (non-hydrogen) atoms. The lowest BCUT2D eigenvalue weighted by Gasteiger charge is -2.30. The molecule has 1 aliphatic heterocycles. The highest BCUT2D eigenvalue weighted by molar-refractivity contribution is 6.06. The zero-order valence-electron chi connectivity index (χ0n) is 16.3. The molecule has 2 amide bonds. The molecule has 0 fully saturated rings. The van der Waals surface area contributed by atoms with Gasteiger partial charge in [-0.3, -0.25) is 14.3 Å². The van der Waals surface area contributed by atoms with Crippen molar-refractivity contribution in [2.45, 2.75) is 33.1 Å². The summed E-state index contributed by atoms with van der Waals surface area (Å²) in [4.78, 5) is 26.8. The third-order valence-electron chi connectivity index (χ3n) is 4.70. The molecule has 0 atom stereocenters. The minimum Gasteiger partial charge on any atom is -0.479 e. The summed E-state index contributed by atoms with van der Waals surface area (Å²) in [6.45, 7) is 5.03. The molecule has 2 heterocycles. The Balaban J connectivity index is 1.79. The van der Waals surface area contributed by atoms with Gasteiger partial charge >= 0.3 is 0 Å². The number of aromatic nitrogens is 2. The Hall–Kier alpha value is -2.83. The number of amides is 2. The van der Waals surface area contributed by atoms with Crippen molar-refractivity contribution in [2.24, 2.45) is 13.0 Å². The largest absolute Gasteiger partial charge is 0.479 e. The Morgan fingerprint density at radius 2 is 2.11 bits per heavy atom. The predicted octanol–water partition coefficient (Wildman–Crippen LogP) is 3.01. The monoisotopic (exact) mass is 370 g/mol. The zero-order valence-corrected chi connectivity index (χ0v) is 16.3. The molecular weight excluding hydrogens is 344 g/mol. The highest BCUT2D eigenvalue weighted by atomic mass is 16.5. The highest BCUT2D eigenvalue weighted by Crippen LogP contribution is 2.31. The summed E-state index contributed by atoms with van der Waals surface area (Å²) in [5, 5.41) is 7.00. The summed E-state index contributed by atoms with van der Waals surface area (Å²) in [6.07, 6.45) is 3.77. The van der Waals surface area contributed by atoms with Crippen LogP contribution in [0, 0.1) is 5.92 Å². The van der Waals surface area contributed by atoms with Crippen molar-refractivity contribution in [1.82, 2.24) is 9.78 Å². The fourth-order valence-electron chi connectivity index (χ4n) is 3.24. The van der Waals surface area contributed by atoms with Crippen molar-refractivity contribution >= 4 is 23.2 Å². The molecule has 1 aromatic heterocycles. The van der Waals surface area contributed by atoms with Crippen LogP contribution in [0.5, 0.6) is 5.88 Å². The molecule has 0 saturated carbocycles. The fraction of sp³-hybridized carbons (Fsp3) is 0.450. The van der Waals surface area contributed by atoms with Crippen molar-refractivity contribution in [3.63, 3.8) is 0 Å². The molecule has 1 aliphatic rings. The van der Waals surface area contributed by atoms with Crippen LogP contribution in [0.15, 0.2) is 24.4 Å². The summed E-state index contributed by atoms with van der Waals surface area (Å²) in [5.41, 5.74) is 3.10. The molecule has 0 saturated heterocycles. The summed E-state index contributed by atoms with van der Waals surface area (Å²) in [7, 11) is 3.22. The van der Waals surface area contributed by atoms with E-state index in [0.717, 1.165) is 24.2 Å². The molecule has 1 aromatic carbocycles. The molecule has 3 rings (SSSR count). The summed E-state index contributed by atoms with van der Waals surface area (Å²) in [5.74, 6) is 0.720. The zero-order chi connectivity index (χ0) is 19.6. The molecule has 0 aliphatic carbocycles. The maximum atomic E-state index is 12.6. The van der Waals surface area contributed by atoms with Crippen LogP contribution >= 0.6 is 0 Å². The first-order valence-electron chi connectivity index (χ1n) is 9.21. The van der Waals surface area contributed by atoms with Gasteiger partial charge in [0, 0.05) is 37.6 Å². The standard InChI is InChI=1S/C20H26N4O3/c1-13(2)9-10-24-17-7-6-15(11-14(17)5-8-18(24)25)21-19(26)16-12-23(3)22-20(16)27-4/h6-7,11-13H,5,8-10H2,1-4H3,(H,21,26). The number of fused-ring (bicyclic) bond motifs is 1. The molecule has 0 bridgehead atoms. The Bertz CT molecular complexity index is 857. The van der Waals surface area contributed by atoms with E-state index in [0.29, 0.717) is 35.9 Å². The Morgan fingerprint density at radius 3 is 2.81 bits per heavy atom. The van der Waals surface area contributed by atoms with Crippen molar-refractivity contribution in [1.29, 1.82) is 0 Å². The number of anilines is 2. The van der Waals surface area contributed by atoms with E-state index < -0.39 is 0 Å². The summed E-state index contributed by atoms with van der Waals surface area (Å²) < 4.78 is 6.69. The van der Waals surface area contributed by atoms with Crippen molar-refractivity contribution in [2.75, 3.05) is 23.9 Å². The number of aryl methyl sites for hydroxylation is 2. The van der Waals surface area contributed by atoms with Crippen LogP contribution in [0.25, 0.3) is 0 Å². The van der Waals surface area contributed by atoms with Gasteiger partial charge in [-0.15, -0.1) is 5.10 Å². The van der Waals surface area contributed by atoms with Gasteiger partial charge in [-0.2, -0.15) is 0 Å². The second-order valence-corrected chi connectivity index (χ2v) is 7.25. The number of ether oxygens (including phenoxy) is 1. The van der Waals surface area contributed by atoms with Crippen LogP contribution in [0.3, 0.4) is 0 Å². The smallest absolute Gasteiger partial charge is 0.262 e. The van der Waals surface area contributed by atoms with E-state index in [2.05, 4.69) is 24.3 Å². The van der Waals surface area contributed by atoms with Gasteiger partial charge in [-0.1, -0.05) is 13.8 Å². The van der Waals surface area contributed by atoms with Crippen LogP contribution in [-0.2, 0) is 18.3 Å². The first-order valence-corrected chi connectivity index (χ1v) is 9.21. The number of hydrogen-bond acceptors (Lipinski definition) is 4. The van der Waals surface area contributed by atoms with Gasteiger partial charge in [0.2, 0.25) is 11.8 Å². The van der Waals surface area contributed by atoms with Crippen LogP contribution in [0.2, 0.25) is 0 Å². The molecule has 7 nitrogen and oxygen atoms in total. The number of carbonyl (C=O) groups excluding carboxylic acids is 2. The SMILES string of the molecule is COc1nn(C)cc1C(=O)Nc1ccc2c(c1)CCC(=O)N2CCC(C)C. The van der Waals surface area contributed by atoms with Crippen molar-refractivity contribution in [3.05, 3.63) is 35.5 Å². The van der Waals surface area contributed by atoms with Crippen LogP contribution < -0.4 is 15.0 Å². The number of rotatable bonds is 6. The van der Waals surface area contributed by atoms with E-state index in [4.69, 9.17) is 4.74 Å². The third kappa shape index (κ3) is 4.13. The predicted molar refractivity (Wildman–Crippen MR) is 104 cm³/mol. The molecule has 0 spiro atoms. The molecule has 2 aromatic rings. The number of methoxy groups -OCH3 is 1. The molecular formula is C20H26N4O3. The number of carbonyl (C=O) groups is 2. The van der Waals surface area contributed by atoms with E-state index >= 15 is 0 Å². The number of hydrogen-bond donors (Lipinski definition) is 1. The highest BCUT2D eigenvalue weighted by Gasteiger charge is 2.25. The normalized spacial score (nSPS) is 13.7. The second-order valence-electron chi connectivity index (χ2n) is 7.25. The van der Waals surface area contributed by atoms with Crippen LogP contribution in [-0.4, -0.2) is 35.2 Å². The molecule has 144 valence electrons. The molecule has 1 N–H and O–H groups in total. The minimum absolute atomic E-state index is 0.167.